The van der Waals surface area contributed by atoms with Crippen molar-refractivity contribution in [1.82, 2.24) is 4.90 Å². The number of hydrogen-bond acceptors (Lipinski definition) is 4. The molecule has 1 aromatic carbocycles. The number of benzene rings is 1. The zero-order valence-corrected chi connectivity index (χ0v) is 10.7. The van der Waals surface area contributed by atoms with Gasteiger partial charge in [0.25, 0.3) is 0 Å². The molecule has 0 aromatic heterocycles. The number of carbonyl (C=O) groups is 1. The largest absolute Gasteiger partial charge is 0.426 e. The molecule has 1 aromatic rings. The van der Waals surface area contributed by atoms with Crippen molar-refractivity contribution in [1.29, 1.82) is 0 Å². The van der Waals surface area contributed by atoms with Gasteiger partial charge < -0.3 is 9.08 Å². The molecule has 0 atom stereocenters. The summed E-state index contributed by atoms with van der Waals surface area (Å²) in [5.74, 6) is 0. The minimum Gasteiger partial charge on any atom is -0.316 e. The van der Waals surface area contributed by atoms with Crippen LogP contribution in [-0.4, -0.2) is 26.0 Å². The van der Waals surface area contributed by atoms with Crippen molar-refractivity contribution in [2.75, 3.05) is 6.54 Å². The van der Waals surface area contributed by atoms with Crippen LogP contribution in [0.3, 0.4) is 0 Å². The van der Waals surface area contributed by atoms with Crippen molar-refractivity contribution in [3.8, 4) is 0 Å². The minimum absolute atomic E-state index is 0.266. The molecule has 1 rings (SSSR count). The lowest BCUT2D eigenvalue weighted by atomic mass is 10.2. The fourth-order valence-electron chi connectivity index (χ4n) is 1.25. The number of amides is 1. The highest BCUT2D eigenvalue weighted by atomic mass is 35.7. The molecule has 0 saturated carbocycles. The maximum atomic E-state index is 11.4. The second kappa shape index (κ2) is 5.88. The van der Waals surface area contributed by atoms with E-state index in [1.54, 1.807) is 6.92 Å². The Labute approximate surface area is 105 Å². The van der Waals surface area contributed by atoms with Gasteiger partial charge in [-0.15, -0.1) is 0 Å². The van der Waals surface area contributed by atoms with Crippen molar-refractivity contribution < 1.29 is 17.4 Å². The van der Waals surface area contributed by atoms with E-state index in [0.717, 1.165) is 5.56 Å². The van der Waals surface area contributed by atoms with Crippen LogP contribution in [0.2, 0.25) is 0 Å². The Morgan fingerprint density at radius 1 is 1.35 bits per heavy atom. The fraction of sp³-hybridized carbons (Fsp3) is 0.300. The van der Waals surface area contributed by atoms with Crippen molar-refractivity contribution in [2.24, 2.45) is 0 Å². The van der Waals surface area contributed by atoms with Crippen LogP contribution < -0.4 is 0 Å². The lowest BCUT2D eigenvalue weighted by Crippen LogP contribution is -2.31. The summed E-state index contributed by atoms with van der Waals surface area (Å²) in [4.78, 5) is 12.7. The van der Waals surface area contributed by atoms with Gasteiger partial charge in [0.05, 0.1) is 10.7 Å². The van der Waals surface area contributed by atoms with E-state index in [-0.39, 0.29) is 6.54 Å². The van der Waals surface area contributed by atoms with E-state index in [0.29, 0.717) is 6.54 Å². The molecule has 17 heavy (non-hydrogen) atoms. The van der Waals surface area contributed by atoms with Gasteiger partial charge in [-0.05, 0) is 12.5 Å². The number of hydrogen-bond donors (Lipinski definition) is 0. The summed E-state index contributed by atoms with van der Waals surface area (Å²) < 4.78 is 25.3. The first-order valence-electron chi connectivity index (χ1n) is 4.89. The number of carbonyl (C=O) groups excluding carboxylic acids is 1. The van der Waals surface area contributed by atoms with Crippen LogP contribution in [0.15, 0.2) is 30.3 Å². The maximum absolute atomic E-state index is 11.4. The zero-order valence-electron chi connectivity index (χ0n) is 9.17. The normalized spacial score (nSPS) is 10.9. The van der Waals surface area contributed by atoms with E-state index in [2.05, 4.69) is 4.18 Å². The highest BCUT2D eigenvalue weighted by Crippen LogP contribution is 2.08. The zero-order chi connectivity index (χ0) is 12.9. The van der Waals surface area contributed by atoms with Crippen molar-refractivity contribution in [3.05, 3.63) is 35.9 Å². The Morgan fingerprint density at radius 3 is 2.41 bits per heavy atom. The Bertz CT molecular complexity index is 474. The highest BCUT2D eigenvalue weighted by Gasteiger charge is 2.19. The van der Waals surface area contributed by atoms with E-state index in [1.165, 1.54) is 4.90 Å². The summed E-state index contributed by atoms with van der Waals surface area (Å²) in [6, 6.07) is 9.15. The molecule has 0 aliphatic carbocycles. The van der Waals surface area contributed by atoms with Crippen LogP contribution in [-0.2, 0) is 20.1 Å². The van der Waals surface area contributed by atoms with Crippen LogP contribution in [0, 0.1) is 0 Å². The molecule has 0 aliphatic heterocycles. The van der Waals surface area contributed by atoms with Gasteiger partial charge in [-0.3, -0.25) is 0 Å². The fourth-order valence-corrected chi connectivity index (χ4v) is 1.68. The lowest BCUT2D eigenvalue weighted by molar-refractivity contribution is 0.155. The highest BCUT2D eigenvalue weighted by molar-refractivity contribution is 8.10. The number of rotatable bonds is 4. The Balaban J connectivity index is 2.69. The molecular formula is C10H12ClNO4S. The molecule has 0 bridgehead atoms. The van der Waals surface area contributed by atoms with Crippen LogP contribution in [0.4, 0.5) is 4.79 Å². The van der Waals surface area contributed by atoms with E-state index in [1.807, 2.05) is 30.3 Å². The van der Waals surface area contributed by atoms with E-state index >= 15 is 0 Å². The van der Waals surface area contributed by atoms with E-state index in [4.69, 9.17) is 10.7 Å². The summed E-state index contributed by atoms with van der Waals surface area (Å²) in [7, 11) is 0.545. The molecule has 0 heterocycles. The molecule has 0 unspecified atom stereocenters. The van der Waals surface area contributed by atoms with Gasteiger partial charge in [0.2, 0.25) is 0 Å². The molecule has 0 N–H and O–H groups in total. The average molecular weight is 278 g/mol. The molecule has 0 fully saturated rings. The topological polar surface area (TPSA) is 63.7 Å². The van der Waals surface area contributed by atoms with Crippen molar-refractivity contribution >= 4 is 26.1 Å². The average Bonchev–Trinajstić information content (AvgIpc) is 2.24. The summed E-state index contributed by atoms with van der Waals surface area (Å²) in [6.45, 7) is 2.30. The number of halogens is 1. The minimum atomic E-state index is -4.29. The molecule has 0 spiro atoms. The predicted octanol–water partition coefficient (Wildman–Crippen LogP) is 2.13. The third-order valence-corrected chi connectivity index (χ3v) is 2.56. The number of nitrogens with zero attached hydrogens (tertiary/aromatic N) is 1. The quantitative estimate of drug-likeness (QED) is 0.791. The third-order valence-electron chi connectivity index (χ3n) is 2.03. The predicted molar refractivity (Wildman–Crippen MR) is 63.8 cm³/mol. The van der Waals surface area contributed by atoms with Crippen LogP contribution in [0.5, 0.6) is 0 Å². The summed E-state index contributed by atoms with van der Waals surface area (Å²) in [5, 5.41) is 0. The van der Waals surface area contributed by atoms with Gasteiger partial charge in [0.15, 0.2) is 0 Å². The smallest absolute Gasteiger partial charge is 0.316 e. The Kier molecular flexibility index (Phi) is 4.77. The van der Waals surface area contributed by atoms with Crippen molar-refractivity contribution in [2.45, 2.75) is 13.5 Å². The van der Waals surface area contributed by atoms with Gasteiger partial charge in [0.1, 0.15) is 0 Å². The van der Waals surface area contributed by atoms with Gasteiger partial charge >= 0.3 is 15.4 Å². The second-order valence-corrected chi connectivity index (χ2v) is 5.33. The maximum Gasteiger partial charge on any atom is 0.426 e. The molecule has 7 heteroatoms. The van der Waals surface area contributed by atoms with Crippen LogP contribution in [0.1, 0.15) is 12.5 Å². The molecule has 1 amide bonds. The first kappa shape index (κ1) is 13.8. The van der Waals surface area contributed by atoms with Gasteiger partial charge in [-0.2, -0.15) is 8.42 Å². The molecule has 0 saturated heterocycles. The van der Waals surface area contributed by atoms with Crippen LogP contribution >= 0.6 is 10.7 Å². The first-order chi connectivity index (χ1) is 7.92. The summed E-state index contributed by atoms with van der Waals surface area (Å²) in [5.41, 5.74) is 0.873. The molecule has 0 radical (unpaired) electrons. The molecule has 0 aliphatic rings. The second-order valence-electron chi connectivity index (χ2n) is 3.24. The summed E-state index contributed by atoms with van der Waals surface area (Å²) >= 11 is 0. The van der Waals surface area contributed by atoms with Gasteiger partial charge in [-0.1, -0.05) is 30.3 Å². The summed E-state index contributed by atoms with van der Waals surface area (Å²) in [6.07, 6.45) is -0.980. The van der Waals surface area contributed by atoms with Crippen LogP contribution in [0.25, 0.3) is 0 Å². The SMILES string of the molecule is CCN(Cc1ccccc1)C(=O)OS(=O)(=O)Cl. The van der Waals surface area contributed by atoms with Gasteiger partial charge in [0, 0.05) is 13.1 Å². The third kappa shape index (κ3) is 5.06. The Hall–Kier alpha value is -1.27. The monoisotopic (exact) mass is 277 g/mol. The molecule has 94 valence electrons. The van der Waals surface area contributed by atoms with Gasteiger partial charge in [-0.25, -0.2) is 4.79 Å². The molecular weight excluding hydrogens is 266 g/mol. The Morgan fingerprint density at radius 2 is 1.94 bits per heavy atom. The molecule has 5 nitrogen and oxygen atoms in total. The van der Waals surface area contributed by atoms with E-state index in [9.17, 15) is 13.2 Å². The first-order valence-corrected chi connectivity index (χ1v) is 7.12. The lowest BCUT2D eigenvalue weighted by Gasteiger charge is -2.18. The standard InChI is InChI=1S/C10H12ClNO4S/c1-2-12(10(13)16-17(11,14)15)8-9-6-4-3-5-7-9/h3-7H,2,8H2,1H3. The van der Waals surface area contributed by atoms with Crippen molar-refractivity contribution in [3.63, 3.8) is 0 Å². The van der Waals surface area contributed by atoms with E-state index < -0.39 is 15.4 Å².